The monoisotopic (exact) mass is 245 g/mol. The fraction of sp³-hybridized carbons (Fsp3) is 0.357. The highest BCUT2D eigenvalue weighted by molar-refractivity contribution is 5.29. The van der Waals surface area contributed by atoms with Gasteiger partial charge >= 0.3 is 0 Å². The molecule has 2 rings (SSSR count). The van der Waals surface area contributed by atoms with E-state index in [9.17, 15) is 0 Å². The van der Waals surface area contributed by atoms with Crippen LogP contribution in [0, 0.1) is 0 Å². The van der Waals surface area contributed by atoms with E-state index in [0.29, 0.717) is 6.54 Å². The maximum atomic E-state index is 5.57. The Morgan fingerprint density at radius 1 is 1.28 bits per heavy atom. The van der Waals surface area contributed by atoms with Gasteiger partial charge in [-0.15, -0.1) is 0 Å². The molecule has 0 bridgehead atoms. The van der Waals surface area contributed by atoms with Gasteiger partial charge < -0.3 is 15.0 Å². The molecular weight excluding hydrogens is 226 g/mol. The zero-order chi connectivity index (χ0) is 13.0. The summed E-state index contributed by atoms with van der Waals surface area (Å²) in [4.78, 5) is 4.45. The van der Waals surface area contributed by atoms with Gasteiger partial charge in [-0.2, -0.15) is 0 Å². The number of nitrogens with zero attached hydrogens (tertiary/aromatic N) is 2. The number of hydrogen-bond donors (Lipinski definition) is 1. The van der Waals surface area contributed by atoms with Crippen molar-refractivity contribution in [1.29, 1.82) is 0 Å². The van der Waals surface area contributed by atoms with Crippen LogP contribution in [-0.4, -0.2) is 23.2 Å². The average Bonchev–Trinajstić information content (AvgIpc) is 2.73. The zero-order valence-corrected chi connectivity index (χ0v) is 10.9. The van der Waals surface area contributed by atoms with E-state index in [-0.39, 0.29) is 0 Å². The van der Waals surface area contributed by atoms with Gasteiger partial charge in [0.25, 0.3) is 0 Å². The fourth-order valence-corrected chi connectivity index (χ4v) is 1.96. The molecule has 1 aromatic carbocycles. The van der Waals surface area contributed by atoms with Crippen molar-refractivity contribution in [3.05, 3.63) is 47.5 Å². The third-order valence-corrected chi connectivity index (χ3v) is 3.10. The summed E-state index contributed by atoms with van der Waals surface area (Å²) in [5.41, 5.74) is 7.98. The molecule has 0 radical (unpaired) electrons. The van der Waals surface area contributed by atoms with Crippen LogP contribution in [0.1, 0.15) is 17.1 Å². The molecule has 0 aliphatic carbocycles. The van der Waals surface area contributed by atoms with Gasteiger partial charge in [0, 0.05) is 31.8 Å². The van der Waals surface area contributed by atoms with Gasteiger partial charge in [0.1, 0.15) is 11.6 Å². The first-order chi connectivity index (χ1) is 8.74. The lowest BCUT2D eigenvalue weighted by Crippen LogP contribution is -2.08. The van der Waals surface area contributed by atoms with Gasteiger partial charge in [-0.25, -0.2) is 4.98 Å². The molecule has 0 fully saturated rings. The van der Waals surface area contributed by atoms with Crippen molar-refractivity contribution in [2.24, 2.45) is 12.8 Å². The number of rotatable bonds is 5. The number of ether oxygens (including phenoxy) is 1. The number of benzene rings is 1. The van der Waals surface area contributed by atoms with E-state index in [1.54, 1.807) is 7.11 Å². The van der Waals surface area contributed by atoms with E-state index >= 15 is 0 Å². The van der Waals surface area contributed by atoms with Crippen molar-refractivity contribution in [1.82, 2.24) is 9.55 Å². The first-order valence-corrected chi connectivity index (χ1v) is 6.07. The van der Waals surface area contributed by atoms with E-state index in [1.165, 1.54) is 11.3 Å². The average molecular weight is 245 g/mol. The summed E-state index contributed by atoms with van der Waals surface area (Å²) in [5, 5.41) is 0. The number of imidazole rings is 1. The first kappa shape index (κ1) is 12.6. The highest BCUT2D eigenvalue weighted by atomic mass is 16.5. The topological polar surface area (TPSA) is 53.1 Å². The van der Waals surface area contributed by atoms with E-state index in [4.69, 9.17) is 10.5 Å². The maximum Gasteiger partial charge on any atom is 0.118 e. The molecule has 0 aliphatic rings. The molecule has 96 valence electrons. The first-order valence-electron chi connectivity index (χ1n) is 6.07. The van der Waals surface area contributed by atoms with Crippen LogP contribution in [0.3, 0.4) is 0 Å². The highest BCUT2D eigenvalue weighted by Crippen LogP contribution is 2.14. The summed E-state index contributed by atoms with van der Waals surface area (Å²) in [5.74, 6) is 1.94. The summed E-state index contributed by atoms with van der Waals surface area (Å²) in [7, 11) is 3.71. The molecule has 0 saturated heterocycles. The molecule has 18 heavy (non-hydrogen) atoms. The third-order valence-electron chi connectivity index (χ3n) is 3.10. The lowest BCUT2D eigenvalue weighted by Gasteiger charge is -2.06. The van der Waals surface area contributed by atoms with Crippen LogP contribution in [-0.2, 0) is 19.9 Å². The minimum Gasteiger partial charge on any atom is -0.497 e. The Labute approximate surface area is 107 Å². The maximum absolute atomic E-state index is 5.57. The Bertz CT molecular complexity index is 502. The number of methoxy groups -OCH3 is 1. The van der Waals surface area contributed by atoms with Crippen molar-refractivity contribution in [2.45, 2.75) is 12.8 Å². The van der Waals surface area contributed by atoms with Crippen molar-refractivity contribution in [3.8, 4) is 5.75 Å². The predicted molar refractivity (Wildman–Crippen MR) is 71.8 cm³/mol. The van der Waals surface area contributed by atoms with Crippen molar-refractivity contribution >= 4 is 0 Å². The van der Waals surface area contributed by atoms with E-state index < -0.39 is 0 Å². The highest BCUT2D eigenvalue weighted by Gasteiger charge is 2.06. The zero-order valence-electron chi connectivity index (χ0n) is 10.9. The quantitative estimate of drug-likeness (QED) is 0.869. The Balaban J connectivity index is 2.12. The standard InChI is InChI=1S/C14H19N3O/c1-17-12(7-8-15)10-16-14(17)9-11-3-5-13(18-2)6-4-11/h3-6,10H,7-9,15H2,1-2H3. The summed E-state index contributed by atoms with van der Waals surface area (Å²) < 4.78 is 7.27. The lowest BCUT2D eigenvalue weighted by molar-refractivity contribution is 0.414. The molecule has 1 aromatic heterocycles. The van der Waals surface area contributed by atoms with Gasteiger partial charge in [-0.3, -0.25) is 0 Å². The molecular formula is C14H19N3O. The number of nitrogens with two attached hydrogens (primary N) is 1. The Hall–Kier alpha value is -1.81. The number of hydrogen-bond acceptors (Lipinski definition) is 3. The van der Waals surface area contributed by atoms with E-state index in [1.807, 2.05) is 25.4 Å². The summed E-state index contributed by atoms with van der Waals surface area (Å²) in [6.07, 6.45) is 3.60. The minimum absolute atomic E-state index is 0.654. The van der Waals surface area contributed by atoms with Crippen molar-refractivity contribution in [2.75, 3.05) is 13.7 Å². The molecule has 0 aliphatic heterocycles. The summed E-state index contributed by atoms with van der Waals surface area (Å²) in [6.45, 7) is 0.654. The predicted octanol–water partition coefficient (Wildman–Crippen LogP) is 1.52. The van der Waals surface area contributed by atoms with Crippen LogP contribution in [0.2, 0.25) is 0 Å². The Morgan fingerprint density at radius 2 is 2.00 bits per heavy atom. The Morgan fingerprint density at radius 3 is 2.61 bits per heavy atom. The second-order valence-electron chi connectivity index (χ2n) is 4.29. The van der Waals surface area contributed by atoms with Crippen LogP contribution in [0.5, 0.6) is 5.75 Å². The minimum atomic E-state index is 0.654. The molecule has 4 heteroatoms. The second-order valence-corrected chi connectivity index (χ2v) is 4.29. The molecule has 2 aromatic rings. The van der Waals surface area contributed by atoms with Crippen LogP contribution in [0.4, 0.5) is 0 Å². The van der Waals surface area contributed by atoms with E-state index in [0.717, 1.165) is 24.4 Å². The second kappa shape index (κ2) is 5.69. The van der Waals surface area contributed by atoms with Gasteiger partial charge in [-0.1, -0.05) is 12.1 Å². The van der Waals surface area contributed by atoms with Crippen molar-refractivity contribution in [3.63, 3.8) is 0 Å². The molecule has 0 atom stereocenters. The van der Waals surface area contributed by atoms with Gasteiger partial charge in [0.15, 0.2) is 0 Å². The molecule has 0 spiro atoms. The third kappa shape index (κ3) is 2.71. The van der Waals surface area contributed by atoms with Crippen LogP contribution in [0.15, 0.2) is 30.5 Å². The largest absolute Gasteiger partial charge is 0.497 e. The SMILES string of the molecule is COc1ccc(Cc2ncc(CCN)n2C)cc1. The number of aromatic nitrogens is 2. The van der Waals surface area contributed by atoms with E-state index in [2.05, 4.69) is 21.7 Å². The van der Waals surface area contributed by atoms with Gasteiger partial charge in [0.05, 0.1) is 7.11 Å². The Kier molecular flexibility index (Phi) is 3.99. The van der Waals surface area contributed by atoms with Crippen LogP contribution >= 0.6 is 0 Å². The molecule has 0 saturated carbocycles. The molecule has 0 amide bonds. The van der Waals surface area contributed by atoms with Crippen LogP contribution in [0.25, 0.3) is 0 Å². The molecule has 1 heterocycles. The fourth-order valence-electron chi connectivity index (χ4n) is 1.96. The summed E-state index contributed by atoms with van der Waals surface area (Å²) in [6, 6.07) is 8.07. The summed E-state index contributed by atoms with van der Waals surface area (Å²) >= 11 is 0. The lowest BCUT2D eigenvalue weighted by atomic mass is 10.1. The smallest absolute Gasteiger partial charge is 0.118 e. The van der Waals surface area contributed by atoms with Crippen LogP contribution < -0.4 is 10.5 Å². The molecule has 0 unspecified atom stereocenters. The van der Waals surface area contributed by atoms with Gasteiger partial charge in [0.2, 0.25) is 0 Å². The molecule has 2 N–H and O–H groups in total. The normalized spacial score (nSPS) is 10.6. The van der Waals surface area contributed by atoms with Gasteiger partial charge in [-0.05, 0) is 24.2 Å². The molecule has 4 nitrogen and oxygen atoms in total. The van der Waals surface area contributed by atoms with Crippen molar-refractivity contribution < 1.29 is 4.74 Å².